The second kappa shape index (κ2) is 17.3. The highest BCUT2D eigenvalue weighted by Crippen LogP contribution is 2.57. The maximum absolute atomic E-state index is 14.1. The van der Waals surface area contributed by atoms with Crippen LogP contribution >= 0.6 is 0 Å². The van der Waals surface area contributed by atoms with Gasteiger partial charge in [0.2, 0.25) is 5.91 Å². The molecule has 2 aliphatic heterocycles. The monoisotopic (exact) mass is 897 g/mol. The molecule has 12 atom stereocenters. The average Bonchev–Trinajstić information content (AvgIpc) is 3.24. The number of benzene rings is 3. The molecule has 0 saturated carbocycles. The van der Waals surface area contributed by atoms with E-state index < -0.39 is 167 Å². The zero-order chi connectivity index (χ0) is 47.0. The van der Waals surface area contributed by atoms with Gasteiger partial charge in [-0.3, -0.25) is 24.0 Å². The Labute approximate surface area is 362 Å². The van der Waals surface area contributed by atoms with Crippen LogP contribution in [0.4, 0.5) is 0 Å². The second-order valence-electron chi connectivity index (χ2n) is 16.0. The number of aromatic hydroxyl groups is 3. The lowest BCUT2D eigenvalue weighted by atomic mass is 9.74. The zero-order valence-corrected chi connectivity index (χ0v) is 34.8. The van der Waals surface area contributed by atoms with Crippen molar-refractivity contribution in [1.29, 1.82) is 0 Å². The minimum Gasteiger partial charge on any atom is -0.507 e. The van der Waals surface area contributed by atoms with Crippen molar-refractivity contribution in [3.05, 3.63) is 68.8 Å². The van der Waals surface area contributed by atoms with Crippen molar-refractivity contribution in [2.45, 2.75) is 94.3 Å². The lowest BCUT2D eigenvalue weighted by molar-refractivity contribution is -0.344. The summed E-state index contributed by atoms with van der Waals surface area (Å²) in [4.78, 5) is 67.5. The molecule has 0 radical (unpaired) electrons. The Balaban J connectivity index is 1.38. The number of phenolic OH excluding ortho intramolecular Hbond substituents is 3. The predicted octanol–water partition coefficient (Wildman–Crippen LogP) is -1.41. The summed E-state index contributed by atoms with van der Waals surface area (Å²) < 4.78 is 29.1. The molecule has 344 valence electrons. The van der Waals surface area contributed by atoms with Crippen molar-refractivity contribution >= 4 is 29.4 Å². The van der Waals surface area contributed by atoms with Gasteiger partial charge < -0.3 is 85.6 Å². The highest BCUT2D eigenvalue weighted by Gasteiger charge is 2.53. The highest BCUT2D eigenvalue weighted by atomic mass is 16.7. The molecule has 7 rings (SSSR count). The zero-order valence-electron chi connectivity index (χ0n) is 34.8. The van der Waals surface area contributed by atoms with Crippen LogP contribution in [-0.2, 0) is 28.5 Å². The summed E-state index contributed by atoms with van der Waals surface area (Å²) in [5.74, 6) is -7.51. The number of carbonyl (C=O) groups excluding carboxylic acids is 4. The lowest BCUT2D eigenvalue weighted by Gasteiger charge is -2.49. The first-order valence-corrected chi connectivity index (χ1v) is 19.9. The van der Waals surface area contributed by atoms with Gasteiger partial charge in [-0.05, 0) is 49.6 Å². The van der Waals surface area contributed by atoms with E-state index in [2.05, 4.69) is 5.32 Å². The number of phenols is 3. The van der Waals surface area contributed by atoms with Crippen LogP contribution < -0.4 is 15.8 Å². The van der Waals surface area contributed by atoms with Crippen LogP contribution in [0.15, 0.2) is 24.3 Å². The fourth-order valence-electron chi connectivity index (χ4n) is 8.73. The number of ketones is 2. The van der Waals surface area contributed by atoms with E-state index in [1.165, 1.54) is 47.1 Å². The molecule has 12 N–H and O–H groups in total. The average molecular weight is 898 g/mol. The summed E-state index contributed by atoms with van der Waals surface area (Å²) in [6, 6.07) is 1.91. The van der Waals surface area contributed by atoms with Crippen molar-refractivity contribution in [3.63, 3.8) is 0 Å². The molecule has 22 nitrogen and oxygen atoms in total. The Kier molecular flexibility index (Phi) is 12.5. The molecule has 2 saturated heterocycles. The van der Waals surface area contributed by atoms with E-state index in [0.717, 1.165) is 17.0 Å². The van der Waals surface area contributed by atoms with Crippen LogP contribution in [-0.4, -0.2) is 169 Å². The number of methoxy groups -OCH3 is 1. The van der Waals surface area contributed by atoms with Crippen LogP contribution in [0.1, 0.15) is 84.9 Å². The van der Waals surface area contributed by atoms with Crippen molar-refractivity contribution in [2.24, 2.45) is 5.73 Å². The number of carboxylic acids is 1. The van der Waals surface area contributed by atoms with Crippen LogP contribution in [0.2, 0.25) is 0 Å². The van der Waals surface area contributed by atoms with Crippen LogP contribution in [0, 0.1) is 6.92 Å². The van der Waals surface area contributed by atoms with Crippen LogP contribution in [0.25, 0.3) is 11.1 Å². The van der Waals surface area contributed by atoms with Gasteiger partial charge in [0.1, 0.15) is 71.8 Å². The number of amides is 2. The molecular formula is C42H47N3O19. The minimum absolute atomic E-state index is 0.00437. The number of aliphatic hydroxyl groups excluding tert-OH is 5. The van der Waals surface area contributed by atoms with Gasteiger partial charge in [-0.2, -0.15) is 0 Å². The number of aliphatic carboxylic acids is 1. The fraction of sp³-hybridized carbons (Fsp3) is 0.452. The van der Waals surface area contributed by atoms with Crippen LogP contribution in [0.5, 0.6) is 23.0 Å². The van der Waals surface area contributed by atoms with Crippen molar-refractivity contribution in [1.82, 2.24) is 10.2 Å². The maximum Gasteiger partial charge on any atom is 0.325 e. The molecule has 0 spiro atoms. The number of nitrogens with zero attached hydrogens (tertiary/aromatic N) is 1. The number of nitrogens with two attached hydrogens (primary N) is 1. The van der Waals surface area contributed by atoms with E-state index in [-0.39, 0.29) is 28.0 Å². The van der Waals surface area contributed by atoms with E-state index in [9.17, 15) is 69.9 Å². The molecule has 3 aromatic carbocycles. The van der Waals surface area contributed by atoms with E-state index in [0.29, 0.717) is 0 Å². The normalized spacial score (nSPS) is 28.8. The van der Waals surface area contributed by atoms with Gasteiger partial charge >= 0.3 is 5.97 Å². The molecule has 10 unspecified atom stereocenters. The van der Waals surface area contributed by atoms with Gasteiger partial charge in [-0.15, -0.1) is 0 Å². The third-order valence-electron chi connectivity index (χ3n) is 12.1. The molecule has 0 bridgehead atoms. The number of hydrogen-bond donors (Lipinski definition) is 11. The topological polar surface area (TPSA) is 355 Å². The Morgan fingerprint density at radius 2 is 1.52 bits per heavy atom. The molecule has 4 aliphatic rings. The van der Waals surface area contributed by atoms with Gasteiger partial charge in [0.25, 0.3) is 5.91 Å². The quantitative estimate of drug-likeness (QED) is 0.0870. The molecule has 3 aromatic rings. The van der Waals surface area contributed by atoms with Gasteiger partial charge in [0.05, 0.1) is 49.1 Å². The van der Waals surface area contributed by atoms with Crippen LogP contribution in [0.3, 0.4) is 0 Å². The van der Waals surface area contributed by atoms with E-state index in [1.807, 2.05) is 0 Å². The number of ether oxygens (including phenoxy) is 5. The van der Waals surface area contributed by atoms with Gasteiger partial charge in [-0.1, -0.05) is 6.07 Å². The summed E-state index contributed by atoms with van der Waals surface area (Å²) in [5.41, 5.74) is 1.86. The first kappa shape index (κ1) is 46.2. The molecule has 2 heterocycles. The fourth-order valence-corrected chi connectivity index (χ4v) is 8.73. The van der Waals surface area contributed by atoms with Gasteiger partial charge in [0, 0.05) is 35.4 Å². The Morgan fingerprint density at radius 1 is 0.875 bits per heavy atom. The third-order valence-corrected chi connectivity index (χ3v) is 12.1. The number of hydrogen-bond acceptors (Lipinski definition) is 19. The molecule has 0 aromatic heterocycles. The number of carboxylic acid groups (broad SMARTS) is 1. The highest BCUT2D eigenvalue weighted by molar-refractivity contribution is 6.31. The lowest BCUT2D eigenvalue weighted by Crippen LogP contribution is -2.66. The number of nitrogens with one attached hydrogen (secondary N) is 1. The largest absolute Gasteiger partial charge is 0.507 e. The number of likely N-dealkylation sites (N-methyl/N-ethyl adjacent to an activating group) is 1. The molecule has 2 fully saturated rings. The van der Waals surface area contributed by atoms with Crippen molar-refractivity contribution in [3.8, 4) is 34.1 Å². The summed E-state index contributed by atoms with van der Waals surface area (Å²) in [5, 5.41) is 102. The summed E-state index contributed by atoms with van der Waals surface area (Å²) in [7, 11) is 2.59. The van der Waals surface area contributed by atoms with Gasteiger partial charge in [0.15, 0.2) is 24.1 Å². The third kappa shape index (κ3) is 7.49. The van der Waals surface area contributed by atoms with Gasteiger partial charge in [-0.25, -0.2) is 0 Å². The number of aryl methyl sites for hydroxylation is 1. The first-order chi connectivity index (χ1) is 30.1. The predicted molar refractivity (Wildman–Crippen MR) is 213 cm³/mol. The van der Waals surface area contributed by atoms with E-state index in [1.54, 1.807) is 0 Å². The summed E-state index contributed by atoms with van der Waals surface area (Å²) in [6.45, 7) is 3.02. The number of rotatable bonds is 10. The van der Waals surface area contributed by atoms with E-state index in [4.69, 9.17) is 29.4 Å². The van der Waals surface area contributed by atoms with E-state index >= 15 is 0 Å². The SMILES string of the molecule is COc1cc(O)c2c(c1)C(=O)c1c(cc3c(c1O)-c1c(cc(C)c(C(=O)NC(C)C(=O)O)c1O)[C@H](OC1OC(C)C(N(C)C(=O)CN)C(OC4OCC(O)C(O)C4O)C1O)[C@H]3O)C2=O. The molecule has 22 heteroatoms. The Morgan fingerprint density at radius 3 is 2.16 bits per heavy atom. The molecule has 2 amide bonds. The Hall–Kier alpha value is -5.79. The smallest absolute Gasteiger partial charge is 0.325 e. The van der Waals surface area contributed by atoms with Crippen molar-refractivity contribution < 1.29 is 93.6 Å². The molecule has 64 heavy (non-hydrogen) atoms. The Bertz CT molecular complexity index is 2440. The maximum atomic E-state index is 14.1. The standard InChI is InChI=1S/C42H47N3O19/c1-12-6-19-26(33(53)23(12)39(57)44-13(2)40(58)59)25-17(9-18-27(34(25)54)30(50)16-7-15(60-5)8-20(46)24(16)29(18)49)31(51)37(19)63-42-36(56)38(28(14(3)62-42)45(4)22(48)10-43)64-41-35(55)32(52)21(47)11-61-41/h6-9,13-14,21,28,31-32,35-38,41-42,46-47,51-56H,10-11,43H2,1-5H3,(H,44,57)(H,58,59)/t13?,14?,21?,28?,31-,32?,35?,36?,37-,38?,41?,42?/m0/s1. The summed E-state index contributed by atoms with van der Waals surface area (Å²) >= 11 is 0. The minimum atomic E-state index is -1.97. The summed E-state index contributed by atoms with van der Waals surface area (Å²) in [6.07, 6.45) is -17.0. The van der Waals surface area contributed by atoms with Crippen molar-refractivity contribution in [2.75, 3.05) is 27.3 Å². The number of aliphatic hydroxyl groups is 5. The second-order valence-corrected chi connectivity index (χ2v) is 16.0. The number of carbonyl (C=O) groups is 5. The number of fused-ring (bicyclic) bond motifs is 5. The molecular weight excluding hydrogens is 850 g/mol. The first-order valence-electron chi connectivity index (χ1n) is 19.9. The molecule has 2 aliphatic carbocycles.